The van der Waals surface area contributed by atoms with Crippen molar-refractivity contribution in [3.8, 4) is 16.9 Å². The molecule has 1 N–H and O–H groups in total. The normalized spacial score (nSPS) is 11.3. The smallest absolute Gasteiger partial charge is 0.406 e. The number of aromatic nitrogens is 1. The van der Waals surface area contributed by atoms with Gasteiger partial charge in [-0.2, -0.15) is 0 Å². The van der Waals surface area contributed by atoms with Crippen LogP contribution in [-0.2, 0) is 0 Å². The summed E-state index contributed by atoms with van der Waals surface area (Å²) in [5.41, 5.74) is 0.695. The maximum Gasteiger partial charge on any atom is 0.573 e. The van der Waals surface area contributed by atoms with Gasteiger partial charge < -0.3 is 9.72 Å². The number of H-pyrrole nitrogens is 1. The molecule has 0 unspecified atom stereocenters. The summed E-state index contributed by atoms with van der Waals surface area (Å²) in [7, 11) is 0. The molecular weight excluding hydrogens is 247 g/mol. The van der Waals surface area contributed by atoms with E-state index in [9.17, 15) is 18.0 Å². The molecule has 0 spiro atoms. The second-order valence-electron chi connectivity index (χ2n) is 3.49. The number of halogens is 3. The van der Waals surface area contributed by atoms with E-state index in [1.54, 1.807) is 0 Å². The number of alkyl halides is 3. The van der Waals surface area contributed by atoms with E-state index >= 15 is 0 Å². The number of rotatable bonds is 2. The molecule has 0 bridgehead atoms. The Morgan fingerprint density at radius 3 is 2.28 bits per heavy atom. The van der Waals surface area contributed by atoms with Gasteiger partial charge >= 0.3 is 6.36 Å². The molecule has 0 radical (unpaired) electrons. The van der Waals surface area contributed by atoms with E-state index in [0.29, 0.717) is 11.1 Å². The number of aromatic amines is 1. The Bertz CT molecular complexity index is 587. The topological polar surface area (TPSA) is 42.1 Å². The Balaban J connectivity index is 2.29. The van der Waals surface area contributed by atoms with Gasteiger partial charge in [-0.3, -0.25) is 4.79 Å². The molecule has 0 aliphatic rings. The standard InChI is InChI=1S/C12H8F3NO2/c13-12(14,15)18-9-3-1-8(2-4-9)10-7-16-6-5-11(10)17/h1-7H,(H,16,17). The second kappa shape index (κ2) is 4.56. The Kier molecular flexibility index (Phi) is 3.10. The first-order chi connectivity index (χ1) is 8.46. The summed E-state index contributed by atoms with van der Waals surface area (Å²) in [6, 6.07) is 6.46. The molecule has 0 aliphatic carbocycles. The minimum Gasteiger partial charge on any atom is -0.406 e. The number of benzene rings is 1. The van der Waals surface area contributed by atoms with E-state index in [-0.39, 0.29) is 11.2 Å². The van der Waals surface area contributed by atoms with Gasteiger partial charge in [0.15, 0.2) is 5.43 Å². The van der Waals surface area contributed by atoms with E-state index in [1.807, 2.05) is 0 Å². The van der Waals surface area contributed by atoms with Gasteiger partial charge in [-0.15, -0.1) is 13.2 Å². The van der Waals surface area contributed by atoms with Crippen LogP contribution in [0.15, 0.2) is 47.5 Å². The number of hydrogen-bond donors (Lipinski definition) is 1. The summed E-state index contributed by atoms with van der Waals surface area (Å²) < 4.78 is 39.6. The molecule has 1 aromatic carbocycles. The van der Waals surface area contributed by atoms with Crippen molar-refractivity contribution in [2.75, 3.05) is 0 Å². The minimum atomic E-state index is -4.72. The molecule has 0 aliphatic heterocycles. The third-order valence-corrected chi connectivity index (χ3v) is 2.22. The highest BCUT2D eigenvalue weighted by atomic mass is 19.4. The van der Waals surface area contributed by atoms with Gasteiger partial charge in [0.1, 0.15) is 5.75 Å². The molecule has 1 aromatic heterocycles. The zero-order valence-corrected chi connectivity index (χ0v) is 8.99. The highest BCUT2D eigenvalue weighted by molar-refractivity contribution is 5.62. The molecule has 0 amide bonds. The monoisotopic (exact) mass is 255 g/mol. The summed E-state index contributed by atoms with van der Waals surface area (Å²) in [5.74, 6) is -0.321. The SMILES string of the molecule is O=c1cc[nH]cc1-c1ccc(OC(F)(F)F)cc1. The zero-order chi connectivity index (χ0) is 13.2. The molecule has 1 heterocycles. The van der Waals surface area contributed by atoms with Crippen LogP contribution in [0.25, 0.3) is 11.1 Å². The van der Waals surface area contributed by atoms with Gasteiger partial charge in [-0.05, 0) is 17.7 Å². The van der Waals surface area contributed by atoms with Crippen LogP contribution in [-0.4, -0.2) is 11.3 Å². The summed E-state index contributed by atoms with van der Waals surface area (Å²) in [6.45, 7) is 0. The Hall–Kier alpha value is -2.24. The number of ether oxygens (including phenoxy) is 1. The third kappa shape index (κ3) is 2.91. The highest BCUT2D eigenvalue weighted by Crippen LogP contribution is 2.24. The van der Waals surface area contributed by atoms with Crippen molar-refractivity contribution in [2.45, 2.75) is 6.36 Å². The lowest BCUT2D eigenvalue weighted by molar-refractivity contribution is -0.274. The van der Waals surface area contributed by atoms with Crippen molar-refractivity contribution >= 4 is 0 Å². The fourth-order valence-corrected chi connectivity index (χ4v) is 1.48. The molecule has 3 nitrogen and oxygen atoms in total. The fourth-order valence-electron chi connectivity index (χ4n) is 1.48. The van der Waals surface area contributed by atoms with Crippen molar-refractivity contribution in [3.63, 3.8) is 0 Å². The first-order valence-corrected chi connectivity index (χ1v) is 4.99. The molecule has 0 saturated heterocycles. The van der Waals surface area contributed by atoms with E-state index < -0.39 is 6.36 Å². The number of pyridine rings is 1. The summed E-state index contributed by atoms with van der Waals surface area (Å²) in [4.78, 5) is 14.2. The largest absolute Gasteiger partial charge is 0.573 e. The van der Waals surface area contributed by atoms with Crippen LogP contribution in [0.3, 0.4) is 0 Å². The van der Waals surface area contributed by atoms with Crippen LogP contribution < -0.4 is 10.2 Å². The lowest BCUT2D eigenvalue weighted by atomic mass is 10.1. The van der Waals surface area contributed by atoms with E-state index in [1.165, 1.54) is 30.6 Å². The Morgan fingerprint density at radius 1 is 1.06 bits per heavy atom. The average Bonchev–Trinajstić information content (AvgIpc) is 2.29. The second-order valence-corrected chi connectivity index (χ2v) is 3.49. The maximum atomic E-state index is 12.0. The van der Waals surface area contributed by atoms with E-state index in [2.05, 4.69) is 9.72 Å². The lowest BCUT2D eigenvalue weighted by Gasteiger charge is -2.09. The van der Waals surface area contributed by atoms with Gasteiger partial charge in [0.05, 0.1) is 0 Å². The fraction of sp³-hybridized carbons (Fsp3) is 0.0833. The summed E-state index contributed by atoms with van der Waals surface area (Å²) >= 11 is 0. The lowest BCUT2D eigenvalue weighted by Crippen LogP contribution is -2.17. The van der Waals surface area contributed by atoms with Gasteiger partial charge in [0, 0.05) is 24.0 Å². The van der Waals surface area contributed by atoms with Crippen molar-refractivity contribution in [2.24, 2.45) is 0 Å². The van der Waals surface area contributed by atoms with Crippen molar-refractivity contribution in [3.05, 3.63) is 52.9 Å². The predicted octanol–water partition coefficient (Wildman–Crippen LogP) is 2.94. The zero-order valence-electron chi connectivity index (χ0n) is 8.99. The van der Waals surface area contributed by atoms with Crippen molar-refractivity contribution < 1.29 is 17.9 Å². The van der Waals surface area contributed by atoms with Gasteiger partial charge in [0.25, 0.3) is 0 Å². The molecule has 0 atom stereocenters. The minimum absolute atomic E-state index is 0.210. The van der Waals surface area contributed by atoms with Crippen LogP contribution in [0.2, 0.25) is 0 Å². The molecule has 0 fully saturated rings. The molecule has 94 valence electrons. The first kappa shape index (κ1) is 12.2. The van der Waals surface area contributed by atoms with Crippen LogP contribution >= 0.6 is 0 Å². The van der Waals surface area contributed by atoms with Gasteiger partial charge in [-0.1, -0.05) is 12.1 Å². The van der Waals surface area contributed by atoms with Crippen LogP contribution in [0.1, 0.15) is 0 Å². The number of nitrogens with one attached hydrogen (secondary N) is 1. The van der Waals surface area contributed by atoms with E-state index in [4.69, 9.17) is 0 Å². The van der Waals surface area contributed by atoms with Crippen LogP contribution in [0.5, 0.6) is 5.75 Å². The van der Waals surface area contributed by atoms with Crippen LogP contribution in [0, 0.1) is 0 Å². The molecule has 18 heavy (non-hydrogen) atoms. The molecule has 2 rings (SSSR count). The summed E-state index contributed by atoms with van der Waals surface area (Å²) in [6.07, 6.45) is -1.75. The quantitative estimate of drug-likeness (QED) is 0.896. The summed E-state index contributed by atoms with van der Waals surface area (Å²) in [5, 5.41) is 0. The van der Waals surface area contributed by atoms with E-state index in [0.717, 1.165) is 12.1 Å². The van der Waals surface area contributed by atoms with Crippen LogP contribution in [0.4, 0.5) is 13.2 Å². The maximum absolute atomic E-state index is 12.0. The number of hydrogen-bond acceptors (Lipinski definition) is 2. The van der Waals surface area contributed by atoms with Crippen molar-refractivity contribution in [1.82, 2.24) is 4.98 Å². The van der Waals surface area contributed by atoms with Gasteiger partial charge in [-0.25, -0.2) is 0 Å². The molecular formula is C12H8F3NO2. The molecule has 6 heteroatoms. The third-order valence-electron chi connectivity index (χ3n) is 2.22. The first-order valence-electron chi connectivity index (χ1n) is 4.99. The highest BCUT2D eigenvalue weighted by Gasteiger charge is 2.30. The Morgan fingerprint density at radius 2 is 1.72 bits per heavy atom. The Labute approximate surface area is 99.8 Å². The molecule has 2 aromatic rings. The molecule has 0 saturated carbocycles. The van der Waals surface area contributed by atoms with Gasteiger partial charge in [0.2, 0.25) is 0 Å². The van der Waals surface area contributed by atoms with Crippen molar-refractivity contribution in [1.29, 1.82) is 0 Å². The predicted molar refractivity (Wildman–Crippen MR) is 59.2 cm³/mol. The average molecular weight is 255 g/mol.